The van der Waals surface area contributed by atoms with E-state index in [1.165, 1.54) is 0 Å². The Kier molecular flexibility index (Phi) is 4.80. The normalized spacial score (nSPS) is 18.1. The molecule has 0 spiro atoms. The quantitative estimate of drug-likeness (QED) is 0.692. The molecule has 30 heavy (non-hydrogen) atoms. The van der Waals surface area contributed by atoms with Gasteiger partial charge in [-0.15, -0.1) is 0 Å². The molecule has 0 aliphatic carbocycles. The Morgan fingerprint density at radius 1 is 1.20 bits per heavy atom. The Morgan fingerprint density at radius 2 is 2.07 bits per heavy atom. The number of benzene rings is 1. The molecule has 2 aliphatic heterocycles. The van der Waals surface area contributed by atoms with Gasteiger partial charge in [0.05, 0.1) is 0 Å². The second-order valence-electron chi connectivity index (χ2n) is 7.70. The lowest BCUT2D eigenvalue weighted by Gasteiger charge is -2.29. The maximum Gasteiger partial charge on any atom is 0.237 e. The number of aromatic nitrogens is 3. The lowest BCUT2D eigenvalue weighted by molar-refractivity contribution is 0.114. The minimum Gasteiger partial charge on any atom is -0.492 e. The Bertz CT molecular complexity index is 1130. The molecule has 1 aromatic carbocycles. The maximum atomic E-state index is 10.4. The van der Waals surface area contributed by atoms with E-state index >= 15 is 0 Å². The molecule has 152 valence electrons. The van der Waals surface area contributed by atoms with Crippen LogP contribution in [0.25, 0.3) is 23.0 Å². The van der Waals surface area contributed by atoms with Crippen molar-refractivity contribution in [3.63, 3.8) is 0 Å². The molecule has 1 fully saturated rings. The van der Waals surface area contributed by atoms with E-state index in [-0.39, 0.29) is 12.0 Å². The summed E-state index contributed by atoms with van der Waals surface area (Å²) in [6.07, 6.45) is 7.58. The van der Waals surface area contributed by atoms with E-state index in [1.54, 1.807) is 12.4 Å². The molecule has 7 heteroatoms. The van der Waals surface area contributed by atoms with Gasteiger partial charge in [0.15, 0.2) is 5.82 Å². The van der Waals surface area contributed by atoms with E-state index in [4.69, 9.17) is 4.74 Å². The molecule has 0 saturated carbocycles. The fraction of sp³-hybridized carbons (Fsp3) is 0.261. The number of imidazole rings is 1. The predicted molar refractivity (Wildman–Crippen MR) is 117 cm³/mol. The SMILES string of the molecule is CN1CCC(Oc2cccc(-c3nc(O)c(C=C4C=Nc5ncccc54)[nH]3)c2)CC1. The summed E-state index contributed by atoms with van der Waals surface area (Å²) in [4.78, 5) is 18.4. The summed E-state index contributed by atoms with van der Waals surface area (Å²) in [7, 11) is 2.14. The van der Waals surface area contributed by atoms with E-state index in [0.717, 1.165) is 48.4 Å². The van der Waals surface area contributed by atoms with Crippen LogP contribution in [-0.2, 0) is 0 Å². The second-order valence-corrected chi connectivity index (χ2v) is 7.70. The number of hydrogen-bond donors (Lipinski definition) is 2. The molecule has 2 N–H and O–H groups in total. The monoisotopic (exact) mass is 401 g/mol. The molecule has 0 unspecified atom stereocenters. The highest BCUT2D eigenvalue weighted by molar-refractivity contribution is 6.20. The third-order valence-corrected chi connectivity index (χ3v) is 5.51. The van der Waals surface area contributed by atoms with Gasteiger partial charge in [-0.25, -0.2) is 9.98 Å². The number of piperidine rings is 1. The van der Waals surface area contributed by atoms with E-state index in [9.17, 15) is 5.11 Å². The van der Waals surface area contributed by atoms with Gasteiger partial charge < -0.3 is 19.7 Å². The molecule has 0 amide bonds. The summed E-state index contributed by atoms with van der Waals surface area (Å²) in [5.41, 5.74) is 3.21. The highest BCUT2D eigenvalue weighted by Gasteiger charge is 2.19. The lowest BCUT2D eigenvalue weighted by atomic mass is 10.1. The summed E-state index contributed by atoms with van der Waals surface area (Å²) in [6, 6.07) is 11.7. The third kappa shape index (κ3) is 3.71. The number of H-pyrrole nitrogens is 1. The molecule has 0 radical (unpaired) electrons. The van der Waals surface area contributed by atoms with Gasteiger partial charge in [0, 0.05) is 42.2 Å². The zero-order valence-corrected chi connectivity index (χ0v) is 16.7. The topological polar surface area (TPSA) is 86.6 Å². The van der Waals surface area contributed by atoms with Crippen molar-refractivity contribution in [2.24, 2.45) is 4.99 Å². The number of fused-ring (bicyclic) bond motifs is 1. The van der Waals surface area contributed by atoms with Crippen molar-refractivity contribution < 1.29 is 9.84 Å². The average Bonchev–Trinajstić information content (AvgIpc) is 3.34. The van der Waals surface area contributed by atoms with Crippen molar-refractivity contribution in [2.75, 3.05) is 20.1 Å². The molecule has 2 aliphatic rings. The first-order chi connectivity index (χ1) is 14.7. The molecule has 5 rings (SSSR count). The van der Waals surface area contributed by atoms with Crippen LogP contribution in [-0.4, -0.2) is 57.4 Å². The molecule has 7 nitrogen and oxygen atoms in total. The zero-order valence-electron chi connectivity index (χ0n) is 16.7. The maximum absolute atomic E-state index is 10.4. The minimum absolute atomic E-state index is 0.0510. The van der Waals surface area contributed by atoms with E-state index < -0.39 is 0 Å². The van der Waals surface area contributed by atoms with Gasteiger partial charge in [-0.2, -0.15) is 4.98 Å². The average molecular weight is 401 g/mol. The fourth-order valence-corrected chi connectivity index (χ4v) is 3.82. The van der Waals surface area contributed by atoms with Crippen LogP contribution in [0.5, 0.6) is 11.6 Å². The van der Waals surface area contributed by atoms with Crippen LogP contribution in [0.15, 0.2) is 47.6 Å². The van der Waals surface area contributed by atoms with Crippen LogP contribution < -0.4 is 4.74 Å². The largest absolute Gasteiger partial charge is 0.492 e. The Morgan fingerprint density at radius 3 is 2.93 bits per heavy atom. The molecule has 0 bridgehead atoms. The Balaban J connectivity index is 1.38. The number of aromatic hydroxyl groups is 1. The number of aliphatic imine (C=N–C) groups is 1. The van der Waals surface area contributed by atoms with Crippen molar-refractivity contribution in [1.29, 1.82) is 0 Å². The van der Waals surface area contributed by atoms with E-state index in [0.29, 0.717) is 17.3 Å². The summed E-state index contributed by atoms with van der Waals surface area (Å²) in [5.74, 6) is 2.04. The van der Waals surface area contributed by atoms with Gasteiger partial charge in [0.25, 0.3) is 0 Å². The van der Waals surface area contributed by atoms with Crippen LogP contribution in [0, 0.1) is 0 Å². The number of hydrogen-bond acceptors (Lipinski definition) is 6. The number of ether oxygens (including phenoxy) is 1. The van der Waals surface area contributed by atoms with Crippen molar-refractivity contribution in [3.8, 4) is 23.0 Å². The summed E-state index contributed by atoms with van der Waals surface area (Å²) >= 11 is 0. The molecule has 0 atom stereocenters. The molecule has 4 heterocycles. The number of likely N-dealkylation sites (tertiary alicyclic amines) is 1. The molecular weight excluding hydrogens is 378 g/mol. The fourth-order valence-electron chi connectivity index (χ4n) is 3.82. The molecular formula is C23H23N5O2. The Labute approximate surface area is 174 Å². The number of pyridine rings is 1. The van der Waals surface area contributed by atoms with Gasteiger partial charge in [-0.1, -0.05) is 12.1 Å². The number of rotatable bonds is 4. The van der Waals surface area contributed by atoms with E-state index in [1.807, 2.05) is 42.5 Å². The highest BCUT2D eigenvalue weighted by atomic mass is 16.5. The lowest BCUT2D eigenvalue weighted by Crippen LogP contribution is -2.35. The zero-order chi connectivity index (χ0) is 20.5. The second kappa shape index (κ2) is 7.76. The van der Waals surface area contributed by atoms with Crippen LogP contribution in [0.4, 0.5) is 5.82 Å². The molecule has 3 aromatic rings. The van der Waals surface area contributed by atoms with Crippen molar-refractivity contribution in [1.82, 2.24) is 19.9 Å². The van der Waals surface area contributed by atoms with Crippen LogP contribution in [0.2, 0.25) is 0 Å². The number of allylic oxidation sites excluding steroid dienone is 1. The molecule has 1 saturated heterocycles. The summed E-state index contributed by atoms with van der Waals surface area (Å²) < 4.78 is 6.18. The van der Waals surface area contributed by atoms with Gasteiger partial charge in [-0.3, -0.25) is 0 Å². The van der Waals surface area contributed by atoms with Gasteiger partial charge in [0.1, 0.15) is 23.4 Å². The standard InChI is InChI=1S/C23H23N5O2/c1-28-10-7-17(8-11-28)30-18-5-2-4-15(12-18)21-26-20(23(29)27-21)13-16-14-25-22-19(16)6-3-9-24-22/h2-6,9,12-14,17,29H,7-8,10-11H2,1H3,(H,26,27). The van der Waals surface area contributed by atoms with Crippen LogP contribution >= 0.6 is 0 Å². The minimum atomic E-state index is -0.0510. The van der Waals surface area contributed by atoms with Crippen molar-refractivity contribution in [2.45, 2.75) is 18.9 Å². The van der Waals surface area contributed by atoms with Crippen LogP contribution in [0.3, 0.4) is 0 Å². The number of aromatic amines is 1. The highest BCUT2D eigenvalue weighted by Crippen LogP contribution is 2.33. The number of nitrogens with zero attached hydrogens (tertiary/aromatic N) is 4. The van der Waals surface area contributed by atoms with Crippen molar-refractivity contribution >= 4 is 23.7 Å². The first-order valence-electron chi connectivity index (χ1n) is 10.1. The first kappa shape index (κ1) is 18.6. The van der Waals surface area contributed by atoms with Crippen molar-refractivity contribution in [3.05, 3.63) is 53.9 Å². The van der Waals surface area contributed by atoms with Crippen LogP contribution in [0.1, 0.15) is 24.1 Å². The summed E-state index contributed by atoms with van der Waals surface area (Å²) in [5, 5.41) is 10.4. The third-order valence-electron chi connectivity index (χ3n) is 5.51. The first-order valence-corrected chi connectivity index (χ1v) is 10.1. The Hall–Kier alpha value is -3.45. The number of nitrogens with one attached hydrogen (secondary N) is 1. The van der Waals surface area contributed by atoms with Gasteiger partial charge >= 0.3 is 0 Å². The van der Waals surface area contributed by atoms with Gasteiger partial charge in [-0.05, 0) is 50.2 Å². The van der Waals surface area contributed by atoms with E-state index in [2.05, 4.69) is 31.9 Å². The molecule has 2 aromatic heterocycles. The smallest absolute Gasteiger partial charge is 0.237 e. The predicted octanol–water partition coefficient (Wildman–Crippen LogP) is 3.91. The summed E-state index contributed by atoms with van der Waals surface area (Å²) in [6.45, 7) is 2.10. The van der Waals surface area contributed by atoms with Gasteiger partial charge in [0.2, 0.25) is 5.88 Å².